The zero-order chi connectivity index (χ0) is 16.0. The molecule has 6 nitrogen and oxygen atoms in total. The van der Waals surface area contributed by atoms with Crippen LogP contribution in [0.4, 0.5) is 8.78 Å². The maximum atomic E-state index is 12.5. The third-order valence-corrected chi connectivity index (χ3v) is 2.63. The van der Waals surface area contributed by atoms with Crippen molar-refractivity contribution in [1.29, 1.82) is 0 Å². The van der Waals surface area contributed by atoms with Crippen molar-refractivity contribution in [3.05, 3.63) is 23.8 Å². The van der Waals surface area contributed by atoms with E-state index in [9.17, 15) is 18.4 Å². The summed E-state index contributed by atoms with van der Waals surface area (Å²) in [4.78, 5) is 24.0. The van der Waals surface area contributed by atoms with Crippen molar-refractivity contribution in [3.8, 4) is 11.5 Å². The Kier molecular flexibility index (Phi) is 5.89. The monoisotopic (exact) mass is 303 g/mol. The summed E-state index contributed by atoms with van der Waals surface area (Å²) in [6, 6.07) is 4.06. The quantitative estimate of drug-likeness (QED) is 0.832. The van der Waals surface area contributed by atoms with Crippen LogP contribution in [0.25, 0.3) is 0 Å². The van der Waals surface area contributed by atoms with Gasteiger partial charge in [-0.05, 0) is 19.1 Å². The largest absolute Gasteiger partial charge is 0.493 e. The number of carbonyl (C=O) groups is 2. The van der Waals surface area contributed by atoms with Crippen LogP contribution in [0.15, 0.2) is 18.2 Å². The van der Waals surface area contributed by atoms with Gasteiger partial charge in [-0.1, -0.05) is 6.07 Å². The lowest BCUT2D eigenvalue weighted by Crippen LogP contribution is -2.35. The van der Waals surface area contributed by atoms with Gasteiger partial charge in [-0.25, -0.2) is 0 Å². The molecule has 0 aliphatic heterocycles. The van der Waals surface area contributed by atoms with E-state index in [4.69, 9.17) is 9.84 Å². The molecule has 0 radical (unpaired) electrons. The molecule has 1 aromatic rings. The lowest BCUT2D eigenvalue weighted by Gasteiger charge is -2.21. The van der Waals surface area contributed by atoms with Gasteiger partial charge < -0.3 is 19.5 Å². The maximum Gasteiger partial charge on any atom is 0.387 e. The van der Waals surface area contributed by atoms with Gasteiger partial charge in [-0.3, -0.25) is 9.59 Å². The van der Waals surface area contributed by atoms with E-state index < -0.39 is 30.8 Å². The van der Waals surface area contributed by atoms with Crippen LogP contribution in [0.3, 0.4) is 0 Å². The molecule has 0 atom stereocenters. The molecule has 1 amide bonds. The number of carboxylic acid groups (broad SMARTS) is 1. The zero-order valence-electron chi connectivity index (χ0n) is 11.5. The molecule has 1 rings (SSSR count). The molecule has 0 saturated carbocycles. The molecule has 0 spiro atoms. The van der Waals surface area contributed by atoms with Gasteiger partial charge in [0.05, 0.1) is 12.7 Å². The number of ether oxygens (including phenoxy) is 2. The van der Waals surface area contributed by atoms with Gasteiger partial charge in [0.25, 0.3) is 5.91 Å². The summed E-state index contributed by atoms with van der Waals surface area (Å²) in [5, 5.41) is 8.76. The van der Waals surface area contributed by atoms with Crippen LogP contribution in [-0.4, -0.2) is 48.7 Å². The second-order valence-electron chi connectivity index (χ2n) is 3.93. The Balaban J connectivity index is 3.20. The fraction of sp³-hybridized carbons (Fsp3) is 0.385. The Hall–Kier alpha value is -2.38. The molecule has 0 heterocycles. The smallest absolute Gasteiger partial charge is 0.387 e. The summed E-state index contributed by atoms with van der Waals surface area (Å²) in [5.74, 6) is -2.38. The van der Waals surface area contributed by atoms with Crippen LogP contribution in [0.2, 0.25) is 0 Å². The van der Waals surface area contributed by atoms with Gasteiger partial charge in [0.15, 0.2) is 11.5 Å². The van der Waals surface area contributed by atoms with Crippen molar-refractivity contribution in [2.75, 3.05) is 20.2 Å². The molecular weight excluding hydrogens is 288 g/mol. The number of nitrogens with zero attached hydrogens (tertiary/aromatic N) is 1. The number of methoxy groups -OCH3 is 1. The Bertz CT molecular complexity index is 521. The minimum Gasteiger partial charge on any atom is -0.493 e. The van der Waals surface area contributed by atoms with Crippen molar-refractivity contribution >= 4 is 11.9 Å². The van der Waals surface area contributed by atoms with Crippen LogP contribution in [0.5, 0.6) is 11.5 Å². The normalized spacial score (nSPS) is 10.3. The summed E-state index contributed by atoms with van der Waals surface area (Å²) in [5.41, 5.74) is -0.183. The molecule has 0 aliphatic rings. The number of amides is 1. The number of para-hydroxylation sites is 1. The number of benzene rings is 1. The number of carbonyl (C=O) groups excluding carboxylic acids is 1. The third kappa shape index (κ3) is 4.30. The second kappa shape index (κ2) is 7.41. The first-order valence-electron chi connectivity index (χ1n) is 6.03. The van der Waals surface area contributed by atoms with E-state index in [-0.39, 0.29) is 17.9 Å². The number of rotatable bonds is 7. The second-order valence-corrected chi connectivity index (χ2v) is 3.93. The first-order valence-corrected chi connectivity index (χ1v) is 6.03. The molecule has 8 heteroatoms. The fourth-order valence-corrected chi connectivity index (χ4v) is 1.72. The molecule has 1 aromatic carbocycles. The summed E-state index contributed by atoms with van der Waals surface area (Å²) in [6.07, 6.45) is 0. The Morgan fingerprint density at radius 1 is 1.38 bits per heavy atom. The predicted molar refractivity (Wildman–Crippen MR) is 68.8 cm³/mol. The maximum absolute atomic E-state index is 12.5. The third-order valence-electron chi connectivity index (χ3n) is 2.63. The van der Waals surface area contributed by atoms with Crippen LogP contribution < -0.4 is 9.47 Å². The van der Waals surface area contributed by atoms with Gasteiger partial charge in [0, 0.05) is 6.54 Å². The number of carboxylic acids is 1. The van der Waals surface area contributed by atoms with Crippen molar-refractivity contribution in [3.63, 3.8) is 0 Å². The van der Waals surface area contributed by atoms with E-state index in [1.807, 2.05) is 0 Å². The Labute approximate surface area is 119 Å². The number of aliphatic carboxylic acids is 1. The average Bonchev–Trinajstić information content (AvgIpc) is 2.43. The van der Waals surface area contributed by atoms with E-state index in [1.54, 1.807) is 6.92 Å². The van der Waals surface area contributed by atoms with E-state index in [0.29, 0.717) is 0 Å². The molecule has 0 aliphatic carbocycles. The van der Waals surface area contributed by atoms with Crippen molar-refractivity contribution < 1.29 is 33.0 Å². The zero-order valence-corrected chi connectivity index (χ0v) is 11.5. The Morgan fingerprint density at radius 3 is 2.52 bits per heavy atom. The van der Waals surface area contributed by atoms with Gasteiger partial charge in [0.1, 0.15) is 6.54 Å². The average molecular weight is 303 g/mol. The molecule has 0 aromatic heterocycles. The van der Waals surface area contributed by atoms with E-state index in [1.165, 1.54) is 25.3 Å². The number of halogens is 2. The van der Waals surface area contributed by atoms with Gasteiger partial charge in [-0.2, -0.15) is 8.78 Å². The topological polar surface area (TPSA) is 76.1 Å². The number of hydrogen-bond donors (Lipinski definition) is 1. The van der Waals surface area contributed by atoms with E-state index in [2.05, 4.69) is 4.74 Å². The first-order chi connectivity index (χ1) is 9.90. The molecule has 0 unspecified atom stereocenters. The van der Waals surface area contributed by atoms with Crippen LogP contribution >= 0.6 is 0 Å². The van der Waals surface area contributed by atoms with E-state index >= 15 is 0 Å². The molecule has 0 fully saturated rings. The standard InChI is InChI=1S/C13H15F2NO5/c1-3-16(7-10(17)18)12(19)8-5-4-6-9(20-2)11(8)21-13(14)15/h4-6,13H,3,7H2,1-2H3,(H,17,18). The van der Waals surface area contributed by atoms with E-state index in [0.717, 1.165) is 4.90 Å². The SMILES string of the molecule is CCN(CC(=O)O)C(=O)c1cccc(OC)c1OC(F)F. The minimum atomic E-state index is -3.14. The Morgan fingerprint density at radius 2 is 2.05 bits per heavy atom. The van der Waals surface area contributed by atoms with Crippen molar-refractivity contribution in [2.45, 2.75) is 13.5 Å². The lowest BCUT2D eigenvalue weighted by molar-refractivity contribution is -0.137. The predicted octanol–water partition coefficient (Wildman–Crippen LogP) is 1.84. The summed E-state index contributed by atoms with van der Waals surface area (Å²) in [6.45, 7) is -1.99. The number of likely N-dealkylation sites (N-methyl/N-ethyl adjacent to an activating group) is 1. The highest BCUT2D eigenvalue weighted by atomic mass is 19.3. The molecule has 0 bridgehead atoms. The molecule has 1 N–H and O–H groups in total. The summed E-state index contributed by atoms with van der Waals surface area (Å²) >= 11 is 0. The van der Waals surface area contributed by atoms with Crippen LogP contribution in [0.1, 0.15) is 17.3 Å². The summed E-state index contributed by atoms with van der Waals surface area (Å²) in [7, 11) is 1.25. The van der Waals surface area contributed by atoms with Crippen molar-refractivity contribution in [2.24, 2.45) is 0 Å². The fourth-order valence-electron chi connectivity index (χ4n) is 1.72. The first kappa shape index (κ1) is 16.7. The molecule has 0 saturated heterocycles. The van der Waals surface area contributed by atoms with Crippen LogP contribution in [-0.2, 0) is 4.79 Å². The highest BCUT2D eigenvalue weighted by molar-refractivity contribution is 5.99. The number of hydrogen-bond acceptors (Lipinski definition) is 4. The minimum absolute atomic E-state index is 0.0347. The van der Waals surface area contributed by atoms with Gasteiger partial charge in [-0.15, -0.1) is 0 Å². The highest BCUT2D eigenvalue weighted by Gasteiger charge is 2.24. The molecular formula is C13H15F2NO5. The highest BCUT2D eigenvalue weighted by Crippen LogP contribution is 2.33. The molecule has 21 heavy (non-hydrogen) atoms. The van der Waals surface area contributed by atoms with Gasteiger partial charge >= 0.3 is 12.6 Å². The number of alkyl halides is 2. The lowest BCUT2D eigenvalue weighted by atomic mass is 10.1. The molecule has 116 valence electrons. The summed E-state index contributed by atoms with van der Waals surface area (Å²) < 4.78 is 34.2. The van der Waals surface area contributed by atoms with Crippen molar-refractivity contribution in [1.82, 2.24) is 4.90 Å². The van der Waals surface area contributed by atoms with Crippen LogP contribution in [0, 0.1) is 0 Å². The van der Waals surface area contributed by atoms with Gasteiger partial charge in [0.2, 0.25) is 0 Å².